The number of hydrogen-bond acceptors (Lipinski definition) is 8. The highest BCUT2D eigenvalue weighted by molar-refractivity contribution is 8.00. The van der Waals surface area contributed by atoms with Gasteiger partial charge in [-0.1, -0.05) is 24.3 Å². The predicted molar refractivity (Wildman–Crippen MR) is 156 cm³/mol. The molecule has 41 heavy (non-hydrogen) atoms. The molecule has 0 atom stereocenters. The van der Waals surface area contributed by atoms with Gasteiger partial charge in [-0.05, 0) is 78.0 Å². The van der Waals surface area contributed by atoms with Gasteiger partial charge < -0.3 is 15.4 Å². The number of carbonyl (C=O) groups excluding carboxylic acids is 4. The molecule has 10 nitrogen and oxygen atoms in total. The summed E-state index contributed by atoms with van der Waals surface area (Å²) >= 11 is 1.41. The minimum atomic E-state index is -3.91. The van der Waals surface area contributed by atoms with Crippen LogP contribution >= 0.6 is 11.9 Å². The lowest BCUT2D eigenvalue weighted by molar-refractivity contribution is -0.191. The second kappa shape index (κ2) is 10.1. The van der Waals surface area contributed by atoms with Gasteiger partial charge in [0.2, 0.25) is 0 Å². The molecular weight excluding hydrogens is 564 g/mol. The van der Waals surface area contributed by atoms with Gasteiger partial charge in [-0.25, -0.2) is 8.42 Å². The first-order chi connectivity index (χ1) is 19.8. The Kier molecular flexibility index (Phi) is 6.43. The van der Waals surface area contributed by atoms with E-state index in [9.17, 15) is 18.0 Å². The van der Waals surface area contributed by atoms with E-state index in [1.165, 1.54) is 18.0 Å². The Balaban J connectivity index is 0.000000967. The van der Waals surface area contributed by atoms with Crippen molar-refractivity contribution in [1.82, 2.24) is 0 Å². The Morgan fingerprint density at radius 2 is 1.20 bits per heavy atom. The van der Waals surface area contributed by atoms with Gasteiger partial charge in [0, 0.05) is 54.9 Å². The van der Waals surface area contributed by atoms with Gasteiger partial charge in [0.15, 0.2) is 0 Å². The highest BCUT2D eigenvalue weighted by Gasteiger charge is 2.26. The van der Waals surface area contributed by atoms with Crippen molar-refractivity contribution in [3.63, 3.8) is 0 Å². The number of anilines is 4. The van der Waals surface area contributed by atoms with Crippen LogP contribution < -0.4 is 20.1 Å². The lowest BCUT2D eigenvalue weighted by atomic mass is 10.1. The third kappa shape index (κ3) is 4.55. The van der Waals surface area contributed by atoms with E-state index in [0.717, 1.165) is 27.0 Å². The van der Waals surface area contributed by atoms with Crippen molar-refractivity contribution >= 4 is 84.2 Å². The van der Waals surface area contributed by atoms with Crippen molar-refractivity contribution in [2.45, 2.75) is 9.79 Å². The molecule has 0 unspecified atom stereocenters. The number of sulfonamides is 1. The number of benzene rings is 5. The topological polar surface area (TPSA) is 151 Å². The molecule has 2 heterocycles. The number of rotatable bonds is 6. The maximum Gasteiger partial charge on any atom is 0.373 e. The van der Waals surface area contributed by atoms with Gasteiger partial charge in [0.05, 0.1) is 4.90 Å². The molecule has 0 radical (unpaired) electrons. The van der Waals surface area contributed by atoms with Crippen LogP contribution in [0.25, 0.3) is 21.5 Å². The van der Waals surface area contributed by atoms with Crippen molar-refractivity contribution in [2.75, 3.05) is 20.1 Å². The molecule has 4 N–H and O–H groups in total. The van der Waals surface area contributed by atoms with Crippen molar-refractivity contribution in [3.05, 3.63) is 96.1 Å². The molecule has 5 aromatic carbocycles. The van der Waals surface area contributed by atoms with Crippen LogP contribution in [0.15, 0.2) is 94.7 Å². The molecule has 7 rings (SSSR count). The van der Waals surface area contributed by atoms with E-state index in [-0.39, 0.29) is 22.9 Å². The van der Waals surface area contributed by atoms with E-state index in [4.69, 9.17) is 9.59 Å². The molecule has 2 amide bonds. The zero-order chi connectivity index (χ0) is 28.7. The van der Waals surface area contributed by atoms with Gasteiger partial charge in [0.25, 0.3) is 21.8 Å². The molecule has 0 aromatic heterocycles. The second-order valence-corrected chi connectivity index (χ2v) is 11.6. The van der Waals surface area contributed by atoms with E-state index in [2.05, 4.69) is 20.1 Å². The number of nitrogens with one attached hydrogen (secondary N) is 4. The maximum atomic E-state index is 13.3. The van der Waals surface area contributed by atoms with E-state index in [1.54, 1.807) is 48.5 Å². The third-order valence-electron chi connectivity index (χ3n) is 6.69. The van der Waals surface area contributed by atoms with Crippen molar-refractivity contribution in [2.24, 2.45) is 0 Å². The average Bonchev–Trinajstić information content (AvgIpc) is 3.47. The Morgan fingerprint density at radius 1 is 0.659 bits per heavy atom. The van der Waals surface area contributed by atoms with Crippen LogP contribution in [0, 0.1) is 0 Å². The first kappa shape index (κ1) is 26.1. The van der Waals surface area contributed by atoms with Crippen LogP contribution in [-0.4, -0.2) is 26.4 Å². The molecule has 12 heteroatoms. The molecule has 2 aliphatic rings. The summed E-state index contributed by atoms with van der Waals surface area (Å²) in [4.78, 5) is 41.7. The predicted octanol–water partition coefficient (Wildman–Crippen LogP) is 5.46. The molecule has 0 aliphatic carbocycles. The lowest BCUT2D eigenvalue weighted by Gasteiger charge is -2.12. The number of carbonyl (C=O) groups is 2. The molecule has 0 fully saturated rings. The Hall–Kier alpha value is -5.16. The Labute approximate surface area is 237 Å². The normalized spacial score (nSPS) is 12.8. The molecule has 0 saturated heterocycles. The largest absolute Gasteiger partial charge is 0.373 e. The lowest BCUT2D eigenvalue weighted by Crippen LogP contribution is -2.13. The van der Waals surface area contributed by atoms with Crippen LogP contribution in [0.2, 0.25) is 0 Å². The van der Waals surface area contributed by atoms with Crippen LogP contribution in [0.5, 0.6) is 0 Å². The van der Waals surface area contributed by atoms with Crippen LogP contribution in [-0.2, 0) is 19.6 Å². The molecule has 0 spiro atoms. The third-order valence-corrected chi connectivity index (χ3v) is 9.05. The SMILES string of the molecule is O=C1Nc2ccc(SNc3ccc(NS(=O)(=O)c4ccc5c6c(cccc46)C(=O)N5)cc3)c3cccc1c23.O=C=O. The highest BCUT2D eigenvalue weighted by Crippen LogP contribution is 2.39. The number of hydrogen-bond donors (Lipinski definition) is 4. The fourth-order valence-corrected chi connectivity index (χ4v) is 7.02. The molecule has 2 aliphatic heterocycles. The summed E-state index contributed by atoms with van der Waals surface area (Å²) in [6.07, 6.45) is 0.250. The van der Waals surface area contributed by atoms with Gasteiger partial charge in [-0.15, -0.1) is 0 Å². The van der Waals surface area contributed by atoms with Gasteiger partial charge in [-0.2, -0.15) is 9.59 Å². The zero-order valence-electron chi connectivity index (χ0n) is 20.8. The molecular formula is C29H18N4O6S2. The van der Waals surface area contributed by atoms with E-state index in [1.807, 2.05) is 30.3 Å². The molecule has 202 valence electrons. The average molecular weight is 583 g/mol. The second-order valence-electron chi connectivity index (χ2n) is 9.06. The van der Waals surface area contributed by atoms with E-state index < -0.39 is 10.0 Å². The monoisotopic (exact) mass is 582 g/mol. The Morgan fingerprint density at radius 3 is 1.83 bits per heavy atom. The molecule has 0 bridgehead atoms. The minimum Gasteiger partial charge on any atom is -0.326 e. The maximum absolute atomic E-state index is 13.3. The minimum absolute atomic E-state index is 0.0963. The van der Waals surface area contributed by atoms with Crippen molar-refractivity contribution in [3.8, 4) is 0 Å². The van der Waals surface area contributed by atoms with E-state index in [0.29, 0.717) is 33.3 Å². The fraction of sp³-hybridized carbons (Fsp3) is 0. The summed E-state index contributed by atoms with van der Waals surface area (Å²) in [5.41, 5.74) is 3.74. The van der Waals surface area contributed by atoms with Gasteiger partial charge in [0.1, 0.15) is 0 Å². The molecule has 5 aromatic rings. The summed E-state index contributed by atoms with van der Waals surface area (Å²) in [6.45, 7) is 0. The van der Waals surface area contributed by atoms with Crippen molar-refractivity contribution in [1.29, 1.82) is 0 Å². The Bertz CT molecular complexity index is 2050. The summed E-state index contributed by atoms with van der Waals surface area (Å²) in [5.74, 6) is -0.336. The standard InChI is InChI=1S/C28H18N4O4S2.CO2/c33-27-19-5-1-3-17-23(13-11-21(29-27)25(17)19)37-31-15-7-9-16(10-8-15)32-38(35,36)24-14-12-22-26-18(24)4-2-6-20(26)28(34)30-22;2-1-3/h1-14,31-32H,(H,29,33)(H,30,34);. The summed E-state index contributed by atoms with van der Waals surface area (Å²) in [7, 11) is -3.91. The summed E-state index contributed by atoms with van der Waals surface area (Å²) in [5, 5.41) is 8.64. The summed E-state index contributed by atoms with van der Waals surface area (Å²) in [6, 6.07) is 24.6. The van der Waals surface area contributed by atoms with Crippen LogP contribution in [0.4, 0.5) is 22.7 Å². The zero-order valence-corrected chi connectivity index (χ0v) is 22.5. The number of amides is 2. The van der Waals surface area contributed by atoms with Crippen LogP contribution in [0.1, 0.15) is 20.7 Å². The highest BCUT2D eigenvalue weighted by atomic mass is 32.2. The quantitative estimate of drug-likeness (QED) is 0.193. The smallest absolute Gasteiger partial charge is 0.326 e. The molecule has 0 saturated carbocycles. The van der Waals surface area contributed by atoms with Gasteiger partial charge >= 0.3 is 6.15 Å². The first-order valence-corrected chi connectivity index (χ1v) is 14.4. The van der Waals surface area contributed by atoms with Gasteiger partial charge in [-0.3, -0.25) is 14.3 Å². The first-order valence-electron chi connectivity index (χ1n) is 12.1. The van der Waals surface area contributed by atoms with E-state index >= 15 is 0 Å². The summed E-state index contributed by atoms with van der Waals surface area (Å²) < 4.78 is 32.5. The van der Waals surface area contributed by atoms with Crippen LogP contribution in [0.3, 0.4) is 0 Å². The fourth-order valence-electron chi connectivity index (χ4n) is 4.98. The van der Waals surface area contributed by atoms with Crippen molar-refractivity contribution < 1.29 is 27.6 Å².